The molecule has 1 rings (SSSR count). The van der Waals surface area contributed by atoms with Gasteiger partial charge in [-0.3, -0.25) is 0 Å². The van der Waals surface area contributed by atoms with Crippen LogP contribution < -0.4 is 4.74 Å². The fourth-order valence-electron chi connectivity index (χ4n) is 2.15. The second-order valence-electron chi connectivity index (χ2n) is 5.91. The van der Waals surface area contributed by atoms with E-state index in [0.717, 1.165) is 30.8 Å². The lowest BCUT2D eigenvalue weighted by Crippen LogP contribution is -2.06. The number of terminal acetylenes is 1. The van der Waals surface area contributed by atoms with E-state index in [1.54, 1.807) is 0 Å². The molecule has 22 heavy (non-hydrogen) atoms. The Kier molecular flexibility index (Phi) is 9.11. The summed E-state index contributed by atoms with van der Waals surface area (Å²) >= 11 is 0. The molecule has 0 fully saturated rings. The summed E-state index contributed by atoms with van der Waals surface area (Å²) in [5.41, 5.74) is 2.44. The Labute approximate surface area is 135 Å². The van der Waals surface area contributed by atoms with Gasteiger partial charge in [0.1, 0.15) is 12.4 Å². The minimum absolute atomic E-state index is 0.329. The Morgan fingerprint density at radius 2 is 2.05 bits per heavy atom. The summed E-state index contributed by atoms with van der Waals surface area (Å²) in [6.07, 6.45) is 10.9. The molecule has 0 aromatic heterocycles. The van der Waals surface area contributed by atoms with Crippen LogP contribution in [0.4, 0.5) is 0 Å². The van der Waals surface area contributed by atoms with E-state index < -0.39 is 0 Å². The van der Waals surface area contributed by atoms with Crippen LogP contribution in [0.3, 0.4) is 0 Å². The molecule has 0 aliphatic rings. The molecule has 1 aromatic rings. The zero-order valence-electron chi connectivity index (χ0n) is 14.1. The topological polar surface area (TPSA) is 18.5 Å². The van der Waals surface area contributed by atoms with Crippen molar-refractivity contribution in [3.8, 4) is 18.1 Å². The summed E-state index contributed by atoms with van der Waals surface area (Å²) in [6.45, 7) is 8.14. The Balaban J connectivity index is 2.35. The van der Waals surface area contributed by atoms with Gasteiger partial charge in [0.2, 0.25) is 0 Å². The van der Waals surface area contributed by atoms with E-state index in [0.29, 0.717) is 19.1 Å². The quantitative estimate of drug-likeness (QED) is 0.344. The van der Waals surface area contributed by atoms with Gasteiger partial charge in [-0.2, -0.15) is 0 Å². The molecule has 0 aliphatic heterocycles. The van der Waals surface area contributed by atoms with Crippen LogP contribution >= 0.6 is 0 Å². The first-order chi connectivity index (χ1) is 10.6. The third kappa shape index (κ3) is 7.90. The van der Waals surface area contributed by atoms with Gasteiger partial charge in [-0.25, -0.2) is 0 Å². The lowest BCUT2D eigenvalue weighted by molar-refractivity contribution is 0.149. The van der Waals surface area contributed by atoms with E-state index in [1.165, 1.54) is 12.0 Å². The largest absolute Gasteiger partial charge is 0.493 e. The van der Waals surface area contributed by atoms with Gasteiger partial charge in [-0.05, 0) is 45.1 Å². The Bertz CT molecular complexity index is 493. The van der Waals surface area contributed by atoms with Crippen LogP contribution in [0.15, 0.2) is 35.9 Å². The number of allylic oxidation sites excluding steroid dienone is 2. The third-order valence-corrected chi connectivity index (χ3v) is 3.50. The molecule has 2 nitrogen and oxygen atoms in total. The second kappa shape index (κ2) is 10.9. The average Bonchev–Trinajstić information content (AvgIpc) is 2.48. The first kappa shape index (κ1) is 18.3. The molecule has 0 bridgehead atoms. The molecular formula is C20H28O2. The molecule has 1 atom stereocenters. The summed E-state index contributed by atoms with van der Waals surface area (Å²) in [5.74, 6) is 4.04. The van der Waals surface area contributed by atoms with Gasteiger partial charge in [-0.1, -0.05) is 42.7 Å². The minimum atomic E-state index is 0.329. The standard InChI is InChI=1S/C20H28O2/c1-5-14-21-16-19-11-6-7-12-20(19)22-15-13-18(4)10-8-9-17(2)3/h1,6-7,9,11-12,18H,8,10,13-16H2,2-4H3. The van der Waals surface area contributed by atoms with Gasteiger partial charge in [0.05, 0.1) is 13.2 Å². The van der Waals surface area contributed by atoms with Crippen molar-refractivity contribution >= 4 is 0 Å². The zero-order valence-corrected chi connectivity index (χ0v) is 14.1. The maximum Gasteiger partial charge on any atom is 0.124 e. The van der Waals surface area contributed by atoms with Crippen molar-refractivity contribution < 1.29 is 9.47 Å². The molecule has 2 heteroatoms. The van der Waals surface area contributed by atoms with Gasteiger partial charge in [0.15, 0.2) is 0 Å². The molecular weight excluding hydrogens is 272 g/mol. The van der Waals surface area contributed by atoms with Crippen molar-refractivity contribution in [2.24, 2.45) is 5.92 Å². The number of hydrogen-bond acceptors (Lipinski definition) is 2. The molecule has 0 saturated heterocycles. The van der Waals surface area contributed by atoms with Crippen LogP contribution in [0, 0.1) is 18.3 Å². The lowest BCUT2D eigenvalue weighted by atomic mass is 10.0. The molecule has 0 spiro atoms. The number of ether oxygens (including phenoxy) is 2. The fourth-order valence-corrected chi connectivity index (χ4v) is 2.15. The van der Waals surface area contributed by atoms with Crippen molar-refractivity contribution in [3.63, 3.8) is 0 Å². The van der Waals surface area contributed by atoms with Crippen molar-refractivity contribution in [2.45, 2.75) is 46.6 Å². The highest BCUT2D eigenvalue weighted by Crippen LogP contribution is 2.20. The molecule has 0 aliphatic carbocycles. The zero-order chi connectivity index (χ0) is 16.2. The molecule has 0 radical (unpaired) electrons. The predicted octanol–water partition coefficient (Wildman–Crippen LogP) is 4.99. The minimum Gasteiger partial charge on any atom is -0.493 e. The number of hydrogen-bond donors (Lipinski definition) is 0. The van der Waals surface area contributed by atoms with Crippen LogP contribution in [-0.2, 0) is 11.3 Å². The van der Waals surface area contributed by atoms with Crippen LogP contribution in [0.25, 0.3) is 0 Å². The average molecular weight is 300 g/mol. The van der Waals surface area contributed by atoms with Crippen molar-refractivity contribution in [3.05, 3.63) is 41.5 Å². The first-order valence-electron chi connectivity index (χ1n) is 7.98. The first-order valence-corrected chi connectivity index (χ1v) is 7.98. The molecule has 1 unspecified atom stereocenters. The molecule has 0 saturated carbocycles. The van der Waals surface area contributed by atoms with E-state index in [1.807, 2.05) is 24.3 Å². The molecule has 0 amide bonds. The van der Waals surface area contributed by atoms with Gasteiger partial charge < -0.3 is 9.47 Å². The molecule has 120 valence electrons. The monoisotopic (exact) mass is 300 g/mol. The van der Waals surface area contributed by atoms with Crippen LogP contribution in [0.2, 0.25) is 0 Å². The SMILES string of the molecule is C#CCOCc1ccccc1OCCC(C)CCC=C(C)C. The normalized spacial score (nSPS) is 11.5. The highest BCUT2D eigenvalue weighted by Gasteiger charge is 2.05. The van der Waals surface area contributed by atoms with E-state index in [2.05, 4.69) is 32.8 Å². The molecule has 0 N–H and O–H groups in total. The summed E-state index contributed by atoms with van der Waals surface area (Å²) in [6, 6.07) is 7.98. The Morgan fingerprint density at radius 1 is 1.27 bits per heavy atom. The van der Waals surface area contributed by atoms with Crippen LogP contribution in [-0.4, -0.2) is 13.2 Å². The summed E-state index contributed by atoms with van der Waals surface area (Å²) < 4.78 is 11.3. The molecule has 0 heterocycles. The van der Waals surface area contributed by atoms with Crippen molar-refractivity contribution in [2.75, 3.05) is 13.2 Å². The highest BCUT2D eigenvalue weighted by molar-refractivity contribution is 5.32. The Morgan fingerprint density at radius 3 is 2.77 bits per heavy atom. The number of rotatable bonds is 10. The van der Waals surface area contributed by atoms with Crippen LogP contribution in [0.1, 0.15) is 45.6 Å². The van der Waals surface area contributed by atoms with Gasteiger partial charge in [0, 0.05) is 5.56 Å². The lowest BCUT2D eigenvalue weighted by Gasteiger charge is -2.14. The predicted molar refractivity (Wildman–Crippen MR) is 92.9 cm³/mol. The van der Waals surface area contributed by atoms with E-state index in [-0.39, 0.29) is 0 Å². The highest BCUT2D eigenvalue weighted by atomic mass is 16.5. The van der Waals surface area contributed by atoms with Gasteiger partial charge in [-0.15, -0.1) is 6.42 Å². The maximum absolute atomic E-state index is 5.92. The Hall–Kier alpha value is -1.72. The third-order valence-electron chi connectivity index (χ3n) is 3.50. The van der Waals surface area contributed by atoms with E-state index in [4.69, 9.17) is 15.9 Å². The fraction of sp³-hybridized carbons (Fsp3) is 0.500. The van der Waals surface area contributed by atoms with E-state index >= 15 is 0 Å². The number of benzene rings is 1. The van der Waals surface area contributed by atoms with Crippen molar-refractivity contribution in [1.82, 2.24) is 0 Å². The van der Waals surface area contributed by atoms with E-state index in [9.17, 15) is 0 Å². The van der Waals surface area contributed by atoms with Gasteiger partial charge >= 0.3 is 0 Å². The molecule has 1 aromatic carbocycles. The maximum atomic E-state index is 5.92. The van der Waals surface area contributed by atoms with Crippen molar-refractivity contribution in [1.29, 1.82) is 0 Å². The summed E-state index contributed by atoms with van der Waals surface area (Å²) in [5, 5.41) is 0. The summed E-state index contributed by atoms with van der Waals surface area (Å²) in [7, 11) is 0. The van der Waals surface area contributed by atoms with Gasteiger partial charge in [0.25, 0.3) is 0 Å². The smallest absolute Gasteiger partial charge is 0.124 e. The second-order valence-corrected chi connectivity index (χ2v) is 5.91. The summed E-state index contributed by atoms with van der Waals surface area (Å²) in [4.78, 5) is 0. The number of para-hydroxylation sites is 1. The van der Waals surface area contributed by atoms with Crippen LogP contribution in [0.5, 0.6) is 5.75 Å².